The lowest BCUT2D eigenvalue weighted by Gasteiger charge is -2.33. The number of rotatable bonds is 4. The number of nitrogens with zero attached hydrogens (tertiary/aromatic N) is 1. The highest BCUT2D eigenvalue weighted by Gasteiger charge is 2.62. The van der Waals surface area contributed by atoms with Crippen LogP contribution in [0.4, 0.5) is 0 Å². The quantitative estimate of drug-likeness (QED) is 0.924. The molecule has 1 amide bonds. The first kappa shape index (κ1) is 14.9. The van der Waals surface area contributed by atoms with Crippen molar-refractivity contribution in [2.24, 2.45) is 11.8 Å². The average molecular weight is 324 g/mol. The van der Waals surface area contributed by atoms with E-state index in [0.717, 1.165) is 44.7 Å². The highest BCUT2D eigenvalue weighted by Crippen LogP contribution is 2.62. The third-order valence-electron chi connectivity index (χ3n) is 6.97. The van der Waals surface area contributed by atoms with E-state index < -0.39 is 0 Å². The van der Waals surface area contributed by atoms with Crippen LogP contribution in [0.3, 0.4) is 0 Å². The van der Waals surface area contributed by atoms with Crippen molar-refractivity contribution in [1.29, 1.82) is 0 Å². The van der Waals surface area contributed by atoms with E-state index in [1.165, 1.54) is 36.9 Å². The topological polar surface area (TPSA) is 32.3 Å². The Morgan fingerprint density at radius 3 is 2.75 bits per heavy atom. The number of hydrogen-bond donors (Lipinski definition) is 1. The molecule has 1 aromatic rings. The Kier molecular flexibility index (Phi) is 3.48. The van der Waals surface area contributed by atoms with Crippen LogP contribution in [0.2, 0.25) is 0 Å². The molecule has 0 bridgehead atoms. The summed E-state index contributed by atoms with van der Waals surface area (Å²) in [5.41, 5.74) is 3.16. The smallest absolute Gasteiger partial charge is 0.226 e. The van der Waals surface area contributed by atoms with Crippen molar-refractivity contribution in [2.75, 3.05) is 19.6 Å². The summed E-state index contributed by atoms with van der Waals surface area (Å²) in [7, 11) is 0. The second-order valence-corrected chi connectivity index (χ2v) is 8.52. The SMILES string of the molecule is O=C(C1CC12CCc1ccccc12)N1CCC(NCC2CC2)CC1. The summed E-state index contributed by atoms with van der Waals surface area (Å²) in [6.07, 6.45) is 8.52. The number of piperidine rings is 1. The molecule has 3 fully saturated rings. The standard InChI is InChI=1S/C21H28N2O/c24-20(23-11-8-17(9-12-23)22-14-15-5-6-15)19-13-21(19)10-7-16-3-1-2-4-18(16)21/h1-4,15,17,19,22H,5-14H2. The second-order valence-electron chi connectivity index (χ2n) is 8.52. The highest BCUT2D eigenvalue weighted by molar-refractivity contribution is 5.85. The Morgan fingerprint density at radius 2 is 1.96 bits per heavy atom. The van der Waals surface area contributed by atoms with Gasteiger partial charge in [-0.05, 0) is 68.5 Å². The van der Waals surface area contributed by atoms with Crippen LogP contribution in [0.25, 0.3) is 0 Å². The number of benzene rings is 1. The third-order valence-corrected chi connectivity index (χ3v) is 6.97. The van der Waals surface area contributed by atoms with Crippen molar-refractivity contribution < 1.29 is 4.79 Å². The first-order valence-corrected chi connectivity index (χ1v) is 9.87. The van der Waals surface area contributed by atoms with Crippen LogP contribution in [-0.4, -0.2) is 36.5 Å². The number of nitrogens with one attached hydrogen (secondary N) is 1. The zero-order valence-corrected chi connectivity index (χ0v) is 14.5. The maximum Gasteiger partial charge on any atom is 0.226 e. The van der Waals surface area contributed by atoms with Gasteiger partial charge < -0.3 is 10.2 Å². The Bertz CT molecular complexity index is 645. The minimum Gasteiger partial charge on any atom is -0.342 e. The minimum absolute atomic E-state index is 0.203. The van der Waals surface area contributed by atoms with Gasteiger partial charge in [-0.15, -0.1) is 0 Å². The Balaban J connectivity index is 1.19. The molecule has 3 heteroatoms. The number of carbonyl (C=O) groups is 1. The van der Waals surface area contributed by atoms with Crippen LogP contribution in [-0.2, 0) is 16.6 Å². The van der Waals surface area contributed by atoms with Crippen molar-refractivity contribution in [3.05, 3.63) is 35.4 Å². The Labute approximate surface area is 144 Å². The molecule has 1 saturated heterocycles. The molecule has 1 heterocycles. The molecule has 5 rings (SSSR count). The fourth-order valence-corrected chi connectivity index (χ4v) is 5.10. The van der Waals surface area contributed by atoms with Crippen LogP contribution in [0, 0.1) is 11.8 Å². The van der Waals surface area contributed by atoms with Gasteiger partial charge in [-0.2, -0.15) is 0 Å². The summed E-state index contributed by atoms with van der Waals surface area (Å²) in [6.45, 7) is 3.10. The zero-order chi connectivity index (χ0) is 16.1. The van der Waals surface area contributed by atoms with Gasteiger partial charge in [-0.3, -0.25) is 4.79 Å². The van der Waals surface area contributed by atoms with E-state index in [2.05, 4.69) is 34.5 Å². The molecule has 3 nitrogen and oxygen atoms in total. The summed E-state index contributed by atoms with van der Waals surface area (Å²) in [4.78, 5) is 15.2. The van der Waals surface area contributed by atoms with E-state index >= 15 is 0 Å². The van der Waals surface area contributed by atoms with Gasteiger partial charge in [0.2, 0.25) is 5.91 Å². The van der Waals surface area contributed by atoms with E-state index in [-0.39, 0.29) is 11.3 Å². The summed E-state index contributed by atoms with van der Waals surface area (Å²) in [5.74, 6) is 1.64. The van der Waals surface area contributed by atoms with Crippen LogP contribution in [0.5, 0.6) is 0 Å². The third kappa shape index (κ3) is 2.48. The van der Waals surface area contributed by atoms with Crippen LogP contribution < -0.4 is 5.32 Å². The Hall–Kier alpha value is -1.35. The van der Waals surface area contributed by atoms with Gasteiger partial charge in [0.05, 0.1) is 0 Å². The van der Waals surface area contributed by atoms with Crippen molar-refractivity contribution in [3.63, 3.8) is 0 Å². The molecule has 1 aliphatic heterocycles. The number of carbonyl (C=O) groups excluding carboxylic acids is 1. The van der Waals surface area contributed by atoms with Gasteiger partial charge >= 0.3 is 0 Å². The second kappa shape index (κ2) is 5.59. The largest absolute Gasteiger partial charge is 0.342 e. The monoisotopic (exact) mass is 324 g/mol. The normalized spacial score (nSPS) is 32.2. The summed E-state index contributed by atoms with van der Waals surface area (Å²) in [6, 6.07) is 9.43. The van der Waals surface area contributed by atoms with Gasteiger partial charge in [0.1, 0.15) is 0 Å². The van der Waals surface area contributed by atoms with Gasteiger partial charge in [0, 0.05) is 30.5 Å². The number of fused-ring (bicyclic) bond motifs is 2. The molecule has 24 heavy (non-hydrogen) atoms. The molecule has 1 N–H and O–H groups in total. The maximum atomic E-state index is 13.0. The van der Waals surface area contributed by atoms with Gasteiger partial charge in [-0.25, -0.2) is 0 Å². The van der Waals surface area contributed by atoms with Gasteiger partial charge in [-0.1, -0.05) is 24.3 Å². The van der Waals surface area contributed by atoms with E-state index in [9.17, 15) is 4.79 Å². The molecule has 128 valence electrons. The predicted molar refractivity (Wildman–Crippen MR) is 94.9 cm³/mol. The molecule has 1 spiro atoms. The summed E-state index contributed by atoms with van der Waals surface area (Å²) in [5, 5.41) is 3.71. The molecule has 2 atom stereocenters. The zero-order valence-electron chi connectivity index (χ0n) is 14.5. The molecule has 2 unspecified atom stereocenters. The lowest BCUT2D eigenvalue weighted by Crippen LogP contribution is -2.46. The first-order chi connectivity index (χ1) is 11.8. The lowest BCUT2D eigenvalue weighted by molar-refractivity contribution is -0.134. The van der Waals surface area contributed by atoms with Crippen LogP contribution in [0.1, 0.15) is 49.7 Å². The van der Waals surface area contributed by atoms with Gasteiger partial charge in [0.25, 0.3) is 0 Å². The van der Waals surface area contributed by atoms with E-state index in [1.807, 2.05) is 0 Å². The molecule has 0 aromatic heterocycles. The van der Waals surface area contributed by atoms with Crippen LogP contribution >= 0.6 is 0 Å². The van der Waals surface area contributed by atoms with E-state index in [0.29, 0.717) is 11.9 Å². The Morgan fingerprint density at radius 1 is 1.17 bits per heavy atom. The summed E-state index contributed by atoms with van der Waals surface area (Å²) >= 11 is 0. The fourth-order valence-electron chi connectivity index (χ4n) is 5.10. The highest BCUT2D eigenvalue weighted by atomic mass is 16.2. The molecule has 0 radical (unpaired) electrons. The van der Waals surface area contributed by atoms with Crippen molar-refractivity contribution in [3.8, 4) is 0 Å². The average Bonchev–Trinajstić information content (AvgIpc) is 3.52. The van der Waals surface area contributed by atoms with Crippen molar-refractivity contribution in [1.82, 2.24) is 10.2 Å². The summed E-state index contributed by atoms with van der Waals surface area (Å²) < 4.78 is 0. The molecular weight excluding hydrogens is 296 g/mol. The number of hydrogen-bond acceptors (Lipinski definition) is 2. The van der Waals surface area contributed by atoms with Crippen molar-refractivity contribution in [2.45, 2.75) is 56.4 Å². The first-order valence-electron chi connectivity index (χ1n) is 9.87. The number of likely N-dealkylation sites (tertiary alicyclic amines) is 1. The maximum absolute atomic E-state index is 13.0. The molecule has 4 aliphatic rings. The van der Waals surface area contributed by atoms with E-state index in [4.69, 9.17) is 0 Å². The predicted octanol–water partition coefficient (Wildman–Crippen LogP) is 2.88. The minimum atomic E-state index is 0.203. The fraction of sp³-hybridized carbons (Fsp3) is 0.667. The van der Waals surface area contributed by atoms with Crippen molar-refractivity contribution >= 4 is 5.91 Å². The van der Waals surface area contributed by atoms with Crippen LogP contribution in [0.15, 0.2) is 24.3 Å². The molecule has 1 aromatic carbocycles. The van der Waals surface area contributed by atoms with Gasteiger partial charge in [0.15, 0.2) is 0 Å². The van der Waals surface area contributed by atoms with E-state index in [1.54, 1.807) is 0 Å². The molecular formula is C21H28N2O. The molecule has 3 aliphatic carbocycles. The lowest BCUT2D eigenvalue weighted by atomic mass is 9.94. The number of amides is 1. The number of aryl methyl sites for hydroxylation is 1. The molecule has 2 saturated carbocycles.